The summed E-state index contributed by atoms with van der Waals surface area (Å²) in [4.78, 5) is 16.5. The van der Waals surface area contributed by atoms with Crippen LogP contribution in [-0.2, 0) is 4.79 Å². The van der Waals surface area contributed by atoms with Crippen LogP contribution in [0.1, 0.15) is 25.8 Å². The maximum absolute atomic E-state index is 12.0. The Balaban J connectivity index is 1.77. The van der Waals surface area contributed by atoms with E-state index >= 15 is 0 Å². The zero-order chi connectivity index (χ0) is 16.8. The zero-order valence-electron chi connectivity index (χ0n) is 14.4. The number of nitrogens with zero attached hydrogens (tertiary/aromatic N) is 2. The summed E-state index contributed by atoms with van der Waals surface area (Å²) in [5.41, 5.74) is 2.45. The molecule has 1 aromatic rings. The first-order valence-electron chi connectivity index (χ1n) is 8.46. The SMILES string of the molecule is Cc1ccc(Cl)cc1N1CCN(CC(=O)NCCC(C)C)CC1. The minimum Gasteiger partial charge on any atom is -0.369 e. The highest BCUT2D eigenvalue weighted by Crippen LogP contribution is 2.25. The van der Waals surface area contributed by atoms with Crippen LogP contribution in [-0.4, -0.2) is 50.1 Å². The van der Waals surface area contributed by atoms with E-state index in [1.165, 1.54) is 11.3 Å². The van der Waals surface area contributed by atoms with E-state index in [0.717, 1.165) is 44.2 Å². The first kappa shape index (κ1) is 18.1. The standard InChI is InChI=1S/C18H28ClN3O/c1-14(2)6-7-20-18(23)13-21-8-10-22(11-9-21)17-12-16(19)5-4-15(17)3/h4-5,12,14H,6-11,13H2,1-3H3,(H,20,23). The van der Waals surface area contributed by atoms with Crippen LogP contribution in [0.15, 0.2) is 18.2 Å². The van der Waals surface area contributed by atoms with Crippen molar-refractivity contribution in [1.82, 2.24) is 10.2 Å². The van der Waals surface area contributed by atoms with E-state index in [1.807, 2.05) is 12.1 Å². The van der Waals surface area contributed by atoms with Gasteiger partial charge in [-0.2, -0.15) is 0 Å². The summed E-state index contributed by atoms with van der Waals surface area (Å²) < 4.78 is 0. The van der Waals surface area contributed by atoms with E-state index in [2.05, 4.69) is 42.0 Å². The van der Waals surface area contributed by atoms with Gasteiger partial charge in [-0.25, -0.2) is 0 Å². The number of hydrogen-bond acceptors (Lipinski definition) is 3. The highest BCUT2D eigenvalue weighted by Gasteiger charge is 2.20. The monoisotopic (exact) mass is 337 g/mol. The summed E-state index contributed by atoms with van der Waals surface area (Å²) in [6, 6.07) is 6.02. The molecule has 0 atom stereocenters. The molecule has 0 aromatic heterocycles. The zero-order valence-corrected chi connectivity index (χ0v) is 15.2. The van der Waals surface area contributed by atoms with Gasteiger partial charge in [0.2, 0.25) is 5.91 Å². The van der Waals surface area contributed by atoms with Crippen LogP contribution in [0.2, 0.25) is 5.02 Å². The van der Waals surface area contributed by atoms with Gasteiger partial charge in [0.15, 0.2) is 0 Å². The molecular formula is C18H28ClN3O. The van der Waals surface area contributed by atoms with Crippen LogP contribution >= 0.6 is 11.6 Å². The molecule has 1 amide bonds. The largest absolute Gasteiger partial charge is 0.369 e. The van der Waals surface area contributed by atoms with Crippen molar-refractivity contribution in [3.63, 3.8) is 0 Å². The Bertz CT molecular complexity index is 525. The van der Waals surface area contributed by atoms with Crippen LogP contribution in [0.5, 0.6) is 0 Å². The number of piperazine rings is 1. The number of nitrogens with one attached hydrogen (secondary N) is 1. The Morgan fingerprint density at radius 1 is 1.26 bits per heavy atom. The van der Waals surface area contributed by atoms with Crippen molar-refractivity contribution in [2.24, 2.45) is 5.92 Å². The van der Waals surface area contributed by atoms with Gasteiger partial charge in [-0.3, -0.25) is 9.69 Å². The van der Waals surface area contributed by atoms with E-state index in [4.69, 9.17) is 11.6 Å². The highest BCUT2D eigenvalue weighted by molar-refractivity contribution is 6.30. The van der Waals surface area contributed by atoms with Gasteiger partial charge in [0.25, 0.3) is 0 Å². The molecule has 0 unspecified atom stereocenters. The van der Waals surface area contributed by atoms with E-state index in [0.29, 0.717) is 12.5 Å². The van der Waals surface area contributed by atoms with Crippen LogP contribution in [0.4, 0.5) is 5.69 Å². The summed E-state index contributed by atoms with van der Waals surface area (Å²) >= 11 is 6.11. The fraction of sp³-hybridized carbons (Fsp3) is 0.611. The Morgan fingerprint density at radius 2 is 1.96 bits per heavy atom. The average molecular weight is 338 g/mol. The van der Waals surface area contributed by atoms with Crippen molar-refractivity contribution in [3.8, 4) is 0 Å². The molecule has 23 heavy (non-hydrogen) atoms. The maximum Gasteiger partial charge on any atom is 0.234 e. The number of rotatable bonds is 6. The molecule has 1 aliphatic rings. The lowest BCUT2D eigenvalue weighted by Crippen LogP contribution is -2.49. The summed E-state index contributed by atoms with van der Waals surface area (Å²) in [6.07, 6.45) is 1.04. The van der Waals surface area contributed by atoms with Gasteiger partial charge in [-0.1, -0.05) is 31.5 Å². The molecule has 5 heteroatoms. The van der Waals surface area contributed by atoms with E-state index in [-0.39, 0.29) is 5.91 Å². The van der Waals surface area contributed by atoms with E-state index < -0.39 is 0 Å². The summed E-state index contributed by atoms with van der Waals surface area (Å²) in [6.45, 7) is 11.4. The number of carbonyl (C=O) groups excluding carboxylic acids is 1. The van der Waals surface area contributed by atoms with Gasteiger partial charge >= 0.3 is 0 Å². The molecule has 1 saturated heterocycles. The van der Waals surface area contributed by atoms with Crippen LogP contribution in [0, 0.1) is 12.8 Å². The topological polar surface area (TPSA) is 35.6 Å². The molecule has 128 valence electrons. The number of halogens is 1. The summed E-state index contributed by atoms with van der Waals surface area (Å²) in [5, 5.41) is 3.78. The average Bonchev–Trinajstić information content (AvgIpc) is 2.50. The molecule has 1 aliphatic heterocycles. The third-order valence-corrected chi connectivity index (χ3v) is 4.53. The molecule has 1 fully saturated rings. The number of carbonyl (C=O) groups is 1. The molecule has 0 saturated carbocycles. The van der Waals surface area contributed by atoms with Crippen LogP contribution in [0.25, 0.3) is 0 Å². The minimum absolute atomic E-state index is 0.137. The highest BCUT2D eigenvalue weighted by atomic mass is 35.5. The Kier molecular flexibility index (Phi) is 6.72. The first-order chi connectivity index (χ1) is 11.0. The van der Waals surface area contributed by atoms with Crippen molar-refractivity contribution in [3.05, 3.63) is 28.8 Å². The molecule has 0 spiro atoms. The third-order valence-electron chi connectivity index (χ3n) is 4.30. The van der Waals surface area contributed by atoms with Gasteiger partial charge in [0.05, 0.1) is 6.54 Å². The van der Waals surface area contributed by atoms with Gasteiger partial charge < -0.3 is 10.2 Å². The van der Waals surface area contributed by atoms with Gasteiger partial charge in [-0.05, 0) is 37.0 Å². The van der Waals surface area contributed by atoms with Crippen molar-refractivity contribution in [1.29, 1.82) is 0 Å². The Hall–Kier alpha value is -1.26. The number of amides is 1. The molecule has 0 radical (unpaired) electrons. The second-order valence-corrected chi connectivity index (χ2v) is 7.16. The molecule has 0 aliphatic carbocycles. The lowest BCUT2D eigenvalue weighted by Gasteiger charge is -2.36. The number of anilines is 1. The van der Waals surface area contributed by atoms with Gasteiger partial charge in [0, 0.05) is 43.4 Å². The van der Waals surface area contributed by atoms with Gasteiger partial charge in [0.1, 0.15) is 0 Å². The predicted molar refractivity (Wildman–Crippen MR) is 97.3 cm³/mol. The molecule has 4 nitrogen and oxygen atoms in total. The molecule has 1 N–H and O–H groups in total. The lowest BCUT2D eigenvalue weighted by atomic mass is 10.1. The van der Waals surface area contributed by atoms with Crippen molar-refractivity contribution < 1.29 is 4.79 Å². The fourth-order valence-corrected chi connectivity index (χ4v) is 3.00. The lowest BCUT2D eigenvalue weighted by molar-refractivity contribution is -0.122. The number of hydrogen-bond donors (Lipinski definition) is 1. The smallest absolute Gasteiger partial charge is 0.234 e. The van der Waals surface area contributed by atoms with E-state index in [1.54, 1.807) is 0 Å². The maximum atomic E-state index is 12.0. The Labute approximate surface area is 144 Å². The number of aryl methyl sites for hydroxylation is 1. The minimum atomic E-state index is 0.137. The van der Waals surface area contributed by atoms with Gasteiger partial charge in [-0.15, -0.1) is 0 Å². The predicted octanol–water partition coefficient (Wildman–Crippen LogP) is 2.93. The summed E-state index contributed by atoms with van der Waals surface area (Å²) in [5.74, 6) is 0.762. The first-order valence-corrected chi connectivity index (χ1v) is 8.83. The fourth-order valence-electron chi connectivity index (χ4n) is 2.83. The second-order valence-electron chi connectivity index (χ2n) is 6.73. The van der Waals surface area contributed by atoms with E-state index in [9.17, 15) is 4.79 Å². The van der Waals surface area contributed by atoms with Crippen LogP contribution in [0.3, 0.4) is 0 Å². The Morgan fingerprint density at radius 3 is 2.61 bits per heavy atom. The quantitative estimate of drug-likeness (QED) is 0.867. The molecular weight excluding hydrogens is 310 g/mol. The molecule has 1 aromatic carbocycles. The normalized spacial score (nSPS) is 16.0. The van der Waals surface area contributed by atoms with Crippen LogP contribution < -0.4 is 10.2 Å². The number of benzene rings is 1. The van der Waals surface area contributed by atoms with Crippen molar-refractivity contribution >= 4 is 23.2 Å². The third kappa shape index (κ3) is 5.70. The van der Waals surface area contributed by atoms with Crippen molar-refractivity contribution in [2.45, 2.75) is 27.2 Å². The summed E-state index contributed by atoms with van der Waals surface area (Å²) in [7, 11) is 0. The van der Waals surface area contributed by atoms with Crippen molar-refractivity contribution in [2.75, 3.05) is 44.2 Å². The molecule has 1 heterocycles. The molecule has 0 bridgehead atoms. The molecule has 2 rings (SSSR count). The second kappa shape index (κ2) is 8.55.